The van der Waals surface area contributed by atoms with Crippen molar-refractivity contribution < 1.29 is 4.39 Å². The Morgan fingerprint density at radius 3 is 2.58 bits per heavy atom. The molecule has 0 atom stereocenters. The van der Waals surface area contributed by atoms with Gasteiger partial charge in [-0.15, -0.1) is 0 Å². The molecule has 92 valence electrons. The van der Waals surface area contributed by atoms with Gasteiger partial charge in [-0.3, -0.25) is 0 Å². The second-order valence-electron chi connectivity index (χ2n) is 3.72. The summed E-state index contributed by atoms with van der Waals surface area (Å²) in [6.07, 6.45) is 0. The van der Waals surface area contributed by atoms with E-state index in [9.17, 15) is 4.39 Å². The second kappa shape index (κ2) is 5.51. The number of rotatable bonds is 2. The zero-order valence-electron chi connectivity index (χ0n) is 9.61. The Bertz CT molecular complexity index is 714. The predicted molar refractivity (Wildman–Crippen MR) is 73.3 cm³/mol. The molecule has 0 amide bonds. The average Bonchev–Trinajstić information content (AvgIpc) is 2.44. The topological polar surface area (TPSA) is 59.6 Å². The molecule has 0 fully saturated rings. The number of hydrogen-bond donors (Lipinski definition) is 1. The normalized spacial score (nSPS) is 9.47. The Labute approximate surface area is 118 Å². The van der Waals surface area contributed by atoms with E-state index in [0.717, 1.165) is 0 Å². The van der Waals surface area contributed by atoms with Crippen molar-refractivity contribution in [2.75, 3.05) is 5.32 Å². The summed E-state index contributed by atoms with van der Waals surface area (Å²) in [5, 5.41) is 20.5. The Hall–Kier alpha value is -2.37. The second-order valence-corrected chi connectivity index (χ2v) is 4.51. The highest BCUT2D eigenvalue weighted by Crippen LogP contribution is 2.28. The van der Waals surface area contributed by atoms with E-state index in [0.29, 0.717) is 11.3 Å². The predicted octanol–water partition coefficient (Wildman–Crippen LogP) is 4.08. The minimum atomic E-state index is -0.540. The molecule has 3 nitrogen and oxygen atoms in total. The molecule has 0 aliphatic carbocycles. The van der Waals surface area contributed by atoms with E-state index in [4.69, 9.17) is 10.5 Å². The summed E-state index contributed by atoms with van der Waals surface area (Å²) in [6, 6.07) is 13.6. The van der Waals surface area contributed by atoms with Crippen LogP contribution in [0.25, 0.3) is 0 Å². The van der Waals surface area contributed by atoms with Gasteiger partial charge in [-0.1, -0.05) is 6.07 Å². The first-order chi connectivity index (χ1) is 9.15. The van der Waals surface area contributed by atoms with Gasteiger partial charge < -0.3 is 5.32 Å². The summed E-state index contributed by atoms with van der Waals surface area (Å²) in [5.74, 6) is -0.540. The van der Waals surface area contributed by atoms with Crippen molar-refractivity contribution in [3.05, 3.63) is 57.8 Å². The van der Waals surface area contributed by atoms with Crippen LogP contribution in [0, 0.1) is 28.5 Å². The van der Waals surface area contributed by atoms with Crippen LogP contribution in [0.1, 0.15) is 11.1 Å². The van der Waals surface area contributed by atoms with Gasteiger partial charge in [0.25, 0.3) is 0 Å². The molecule has 0 heterocycles. The third-order valence-corrected chi connectivity index (χ3v) is 3.25. The lowest BCUT2D eigenvalue weighted by Crippen LogP contribution is -1.96. The van der Waals surface area contributed by atoms with Crippen LogP contribution in [0.4, 0.5) is 15.8 Å². The third-order valence-electron chi connectivity index (χ3n) is 2.47. The summed E-state index contributed by atoms with van der Waals surface area (Å²) in [4.78, 5) is 0. The van der Waals surface area contributed by atoms with Gasteiger partial charge in [-0.05, 0) is 46.3 Å². The molecular weight excluding hydrogens is 309 g/mol. The van der Waals surface area contributed by atoms with Crippen LogP contribution < -0.4 is 5.32 Å². The van der Waals surface area contributed by atoms with Crippen LogP contribution in [0.15, 0.2) is 40.9 Å². The number of benzene rings is 2. The molecular formula is C14H7BrFN3. The summed E-state index contributed by atoms with van der Waals surface area (Å²) in [6.45, 7) is 0. The van der Waals surface area contributed by atoms with Crippen molar-refractivity contribution in [1.82, 2.24) is 0 Å². The maximum atomic E-state index is 14.0. The van der Waals surface area contributed by atoms with Gasteiger partial charge in [-0.25, -0.2) is 4.39 Å². The molecule has 0 spiro atoms. The molecule has 2 rings (SSSR count). The fourth-order valence-corrected chi connectivity index (χ4v) is 1.99. The number of halogens is 2. The zero-order chi connectivity index (χ0) is 13.8. The molecule has 1 N–H and O–H groups in total. The standard InChI is InChI=1S/C14H7BrFN3/c15-13-10(8-18)4-5-12(14(13)16)19-11-3-1-2-9(6-11)7-17/h1-6,19H. The number of anilines is 2. The molecule has 5 heteroatoms. The van der Waals surface area contributed by atoms with Crippen molar-refractivity contribution in [3.63, 3.8) is 0 Å². The molecule has 0 unspecified atom stereocenters. The van der Waals surface area contributed by atoms with Crippen LogP contribution in [-0.4, -0.2) is 0 Å². The molecule has 2 aromatic carbocycles. The van der Waals surface area contributed by atoms with Crippen LogP contribution in [0.2, 0.25) is 0 Å². The van der Waals surface area contributed by atoms with Crippen molar-refractivity contribution in [2.24, 2.45) is 0 Å². The summed E-state index contributed by atoms with van der Waals surface area (Å²) in [5.41, 5.74) is 1.56. The first-order valence-corrected chi connectivity index (χ1v) is 6.10. The van der Waals surface area contributed by atoms with E-state index in [1.807, 2.05) is 12.1 Å². The molecule has 19 heavy (non-hydrogen) atoms. The SMILES string of the molecule is N#Cc1cccc(Nc2ccc(C#N)c(Br)c2F)c1. The monoisotopic (exact) mass is 315 g/mol. The molecule has 0 aliphatic rings. The maximum Gasteiger partial charge on any atom is 0.162 e. The molecule has 0 aromatic heterocycles. The van der Waals surface area contributed by atoms with Crippen molar-refractivity contribution in [2.45, 2.75) is 0 Å². The zero-order valence-corrected chi connectivity index (χ0v) is 11.2. The van der Waals surface area contributed by atoms with Gasteiger partial charge in [0, 0.05) is 5.69 Å². The number of hydrogen-bond acceptors (Lipinski definition) is 3. The van der Waals surface area contributed by atoms with E-state index >= 15 is 0 Å². The van der Waals surface area contributed by atoms with Gasteiger partial charge in [0.2, 0.25) is 0 Å². The highest BCUT2D eigenvalue weighted by molar-refractivity contribution is 9.10. The molecule has 0 radical (unpaired) electrons. The van der Waals surface area contributed by atoms with Crippen LogP contribution >= 0.6 is 15.9 Å². The first kappa shape index (κ1) is 13.1. The van der Waals surface area contributed by atoms with E-state index in [1.165, 1.54) is 12.1 Å². The highest BCUT2D eigenvalue weighted by atomic mass is 79.9. The fraction of sp³-hybridized carbons (Fsp3) is 0. The minimum Gasteiger partial charge on any atom is -0.353 e. The van der Waals surface area contributed by atoms with Crippen LogP contribution in [0.3, 0.4) is 0 Å². The van der Waals surface area contributed by atoms with Gasteiger partial charge in [-0.2, -0.15) is 10.5 Å². The lowest BCUT2D eigenvalue weighted by molar-refractivity contribution is 0.624. The quantitative estimate of drug-likeness (QED) is 0.908. The molecule has 0 bridgehead atoms. The molecule has 0 saturated carbocycles. The first-order valence-electron chi connectivity index (χ1n) is 5.31. The lowest BCUT2D eigenvalue weighted by Gasteiger charge is -2.09. The average molecular weight is 316 g/mol. The highest BCUT2D eigenvalue weighted by Gasteiger charge is 2.11. The maximum absolute atomic E-state index is 14.0. The van der Waals surface area contributed by atoms with Crippen molar-refractivity contribution >= 4 is 27.3 Å². The summed E-state index contributed by atoms with van der Waals surface area (Å²) in [7, 11) is 0. The van der Waals surface area contributed by atoms with Gasteiger partial charge in [0.1, 0.15) is 6.07 Å². The van der Waals surface area contributed by atoms with E-state index in [1.54, 1.807) is 24.3 Å². The number of nitrogens with one attached hydrogen (secondary N) is 1. The third kappa shape index (κ3) is 2.73. The molecule has 2 aromatic rings. The summed E-state index contributed by atoms with van der Waals surface area (Å²) < 4.78 is 14.1. The Kier molecular flexibility index (Phi) is 3.79. The van der Waals surface area contributed by atoms with Gasteiger partial charge in [0.15, 0.2) is 5.82 Å². The largest absolute Gasteiger partial charge is 0.353 e. The van der Waals surface area contributed by atoms with Crippen LogP contribution in [-0.2, 0) is 0 Å². The summed E-state index contributed by atoms with van der Waals surface area (Å²) >= 11 is 3.04. The smallest absolute Gasteiger partial charge is 0.162 e. The number of nitrogens with zero attached hydrogens (tertiary/aromatic N) is 2. The van der Waals surface area contributed by atoms with Crippen molar-refractivity contribution in [3.8, 4) is 12.1 Å². The van der Waals surface area contributed by atoms with Crippen LogP contribution in [0.5, 0.6) is 0 Å². The minimum absolute atomic E-state index is 0.122. The Balaban J connectivity index is 2.37. The lowest BCUT2D eigenvalue weighted by atomic mass is 10.2. The molecule has 0 aliphatic heterocycles. The molecule has 0 saturated heterocycles. The van der Waals surface area contributed by atoms with Gasteiger partial charge >= 0.3 is 0 Å². The van der Waals surface area contributed by atoms with E-state index in [-0.39, 0.29) is 15.7 Å². The van der Waals surface area contributed by atoms with Crippen molar-refractivity contribution in [1.29, 1.82) is 10.5 Å². The fourth-order valence-electron chi connectivity index (χ4n) is 1.55. The van der Waals surface area contributed by atoms with E-state index < -0.39 is 5.82 Å². The Morgan fingerprint density at radius 2 is 1.89 bits per heavy atom. The Morgan fingerprint density at radius 1 is 1.11 bits per heavy atom. The van der Waals surface area contributed by atoms with Gasteiger partial charge in [0.05, 0.1) is 27.4 Å². The van der Waals surface area contributed by atoms with E-state index in [2.05, 4.69) is 21.2 Å². The number of nitriles is 2.